The largest absolute Gasteiger partial charge is 0.481 e. The Morgan fingerprint density at radius 1 is 0.914 bits per heavy atom. The van der Waals surface area contributed by atoms with Crippen LogP contribution in [0.2, 0.25) is 0 Å². The molecule has 0 saturated heterocycles. The molecule has 9 nitrogen and oxygen atoms in total. The number of carbonyl (C=O) groups is 4. The SMILES string of the molecule is CC(C)C1=C2C3CCC4C(C)(CCC5C(C)(C)C(OC(=O)CC(C)(C)CC(=O)O)CCC54C)C3CCC2(C(O)CN(Cc2ccc(F)cc2)C(=O)CN(C)C)CC1=O. The second-order valence-corrected chi connectivity index (χ2v) is 21.6. The molecule has 322 valence electrons. The quantitative estimate of drug-likeness (QED) is 0.190. The number of likely N-dealkylation sites (N-methyl/N-ethyl adjacent to an activating group) is 1. The van der Waals surface area contributed by atoms with Gasteiger partial charge in [-0.1, -0.05) is 73.1 Å². The minimum absolute atomic E-state index is 0.0216. The van der Waals surface area contributed by atoms with Crippen LogP contribution in [0.3, 0.4) is 0 Å². The number of aliphatic hydroxyl groups is 1. The minimum Gasteiger partial charge on any atom is -0.481 e. The number of esters is 1. The summed E-state index contributed by atoms with van der Waals surface area (Å²) in [4.78, 5) is 56.1. The number of aliphatic hydroxyl groups excluding tert-OH is 1. The Morgan fingerprint density at radius 3 is 2.19 bits per heavy atom. The first kappa shape index (κ1) is 44.4. The fraction of sp³-hybridized carbons (Fsp3) is 0.750. The number of benzene rings is 1. The number of nitrogens with zero attached hydrogens (tertiary/aromatic N) is 2. The summed E-state index contributed by atoms with van der Waals surface area (Å²) in [5, 5.41) is 21.9. The molecular formula is C48H71FN2O7. The van der Waals surface area contributed by atoms with Crippen LogP contribution in [0.5, 0.6) is 0 Å². The summed E-state index contributed by atoms with van der Waals surface area (Å²) >= 11 is 0. The van der Waals surface area contributed by atoms with Crippen molar-refractivity contribution in [3.05, 3.63) is 46.8 Å². The van der Waals surface area contributed by atoms with Gasteiger partial charge in [-0.05, 0) is 135 Å². The highest BCUT2D eigenvalue weighted by Gasteiger charge is 2.67. The topological polar surface area (TPSA) is 124 Å². The molecule has 2 N–H and O–H groups in total. The number of carbonyl (C=O) groups excluding carboxylic acids is 3. The number of ether oxygens (including phenoxy) is 1. The predicted molar refractivity (Wildman–Crippen MR) is 222 cm³/mol. The lowest BCUT2D eigenvalue weighted by molar-refractivity contribution is -0.214. The highest BCUT2D eigenvalue weighted by Crippen LogP contribution is 2.73. The first-order valence-corrected chi connectivity index (χ1v) is 22.0. The monoisotopic (exact) mass is 807 g/mol. The summed E-state index contributed by atoms with van der Waals surface area (Å²) in [6.45, 7) is 17.9. The number of halogens is 1. The van der Waals surface area contributed by atoms with Crippen LogP contribution in [0.4, 0.5) is 4.39 Å². The van der Waals surface area contributed by atoms with E-state index in [1.165, 1.54) is 17.7 Å². The number of Topliss-reactive ketones (excluding diaryl/α,β-unsaturated/α-hetero) is 1. The van der Waals surface area contributed by atoms with Crippen molar-refractivity contribution in [3.8, 4) is 0 Å². The molecule has 1 amide bonds. The lowest BCUT2D eigenvalue weighted by atomic mass is 9.36. The van der Waals surface area contributed by atoms with Gasteiger partial charge in [0.2, 0.25) is 5.91 Å². The second kappa shape index (κ2) is 16.1. The van der Waals surface area contributed by atoms with Crippen molar-refractivity contribution in [2.45, 2.75) is 145 Å². The number of ketones is 1. The van der Waals surface area contributed by atoms with Crippen molar-refractivity contribution < 1.29 is 38.5 Å². The summed E-state index contributed by atoms with van der Waals surface area (Å²) in [5.74, 6) is -0.194. The van der Waals surface area contributed by atoms with Gasteiger partial charge in [0, 0.05) is 30.3 Å². The van der Waals surface area contributed by atoms with Crippen molar-refractivity contribution >= 4 is 23.6 Å². The van der Waals surface area contributed by atoms with Gasteiger partial charge in [-0.3, -0.25) is 19.2 Å². The van der Waals surface area contributed by atoms with E-state index in [-0.39, 0.29) is 96.6 Å². The molecule has 5 aliphatic carbocycles. The molecule has 1 aromatic rings. The highest BCUT2D eigenvalue weighted by atomic mass is 19.1. The maximum atomic E-state index is 14.2. The van der Waals surface area contributed by atoms with Crippen LogP contribution in [0, 0.1) is 62.5 Å². The summed E-state index contributed by atoms with van der Waals surface area (Å²) < 4.78 is 20.1. The van der Waals surface area contributed by atoms with E-state index in [2.05, 4.69) is 41.5 Å². The Labute approximate surface area is 346 Å². The van der Waals surface area contributed by atoms with E-state index in [4.69, 9.17) is 4.74 Å². The molecule has 9 unspecified atom stereocenters. The van der Waals surface area contributed by atoms with E-state index in [9.17, 15) is 33.8 Å². The molecule has 4 fully saturated rings. The van der Waals surface area contributed by atoms with Crippen molar-refractivity contribution in [2.24, 2.45) is 56.7 Å². The highest BCUT2D eigenvalue weighted by molar-refractivity contribution is 6.00. The van der Waals surface area contributed by atoms with Crippen LogP contribution in [-0.4, -0.2) is 83.0 Å². The van der Waals surface area contributed by atoms with E-state index in [0.29, 0.717) is 24.2 Å². The fourth-order valence-corrected chi connectivity index (χ4v) is 13.8. The van der Waals surface area contributed by atoms with Gasteiger partial charge in [-0.15, -0.1) is 0 Å². The van der Waals surface area contributed by atoms with Crippen molar-refractivity contribution in [2.75, 3.05) is 27.2 Å². The molecule has 10 heteroatoms. The molecule has 0 aliphatic heterocycles. The summed E-state index contributed by atoms with van der Waals surface area (Å²) in [6.07, 6.45) is 6.50. The Kier molecular flexibility index (Phi) is 12.3. The molecule has 0 radical (unpaired) electrons. The molecule has 0 heterocycles. The van der Waals surface area contributed by atoms with Gasteiger partial charge in [-0.25, -0.2) is 4.39 Å². The third kappa shape index (κ3) is 8.06. The number of allylic oxidation sites excluding steroid dienone is 1. The molecule has 4 saturated carbocycles. The molecule has 0 aromatic heterocycles. The average molecular weight is 807 g/mol. The second-order valence-electron chi connectivity index (χ2n) is 21.6. The van der Waals surface area contributed by atoms with Crippen LogP contribution >= 0.6 is 0 Å². The van der Waals surface area contributed by atoms with Crippen molar-refractivity contribution in [3.63, 3.8) is 0 Å². The van der Waals surface area contributed by atoms with Gasteiger partial charge < -0.3 is 24.7 Å². The number of carboxylic acid groups (broad SMARTS) is 1. The van der Waals surface area contributed by atoms with Gasteiger partial charge in [-0.2, -0.15) is 0 Å². The van der Waals surface area contributed by atoms with Gasteiger partial charge in [0.1, 0.15) is 11.9 Å². The zero-order chi connectivity index (χ0) is 42.7. The van der Waals surface area contributed by atoms with Crippen LogP contribution in [0.15, 0.2) is 35.4 Å². The van der Waals surface area contributed by atoms with Crippen LogP contribution in [0.1, 0.15) is 132 Å². The Bertz CT molecular complexity index is 1790. The number of aliphatic carboxylic acids is 1. The maximum absolute atomic E-state index is 14.2. The third-order valence-corrected chi connectivity index (χ3v) is 16.2. The number of hydrogen-bond acceptors (Lipinski definition) is 7. The number of amides is 1. The molecule has 6 rings (SSSR count). The van der Waals surface area contributed by atoms with Crippen LogP contribution < -0.4 is 0 Å². The molecule has 1 aromatic carbocycles. The smallest absolute Gasteiger partial charge is 0.306 e. The summed E-state index contributed by atoms with van der Waals surface area (Å²) in [6, 6.07) is 6.16. The number of rotatable bonds is 13. The molecule has 0 spiro atoms. The van der Waals surface area contributed by atoms with Crippen molar-refractivity contribution in [1.82, 2.24) is 9.80 Å². The van der Waals surface area contributed by atoms with E-state index in [1.807, 2.05) is 19.0 Å². The lowest BCUT2D eigenvalue weighted by Crippen LogP contribution is -2.63. The molecule has 9 atom stereocenters. The Balaban J connectivity index is 1.26. The first-order chi connectivity index (χ1) is 26.9. The molecule has 58 heavy (non-hydrogen) atoms. The minimum atomic E-state index is -0.928. The first-order valence-electron chi connectivity index (χ1n) is 22.0. The summed E-state index contributed by atoms with van der Waals surface area (Å²) in [5.41, 5.74) is 1.26. The molecular weight excluding hydrogens is 736 g/mol. The summed E-state index contributed by atoms with van der Waals surface area (Å²) in [7, 11) is 3.69. The number of carboxylic acids is 1. The predicted octanol–water partition coefficient (Wildman–Crippen LogP) is 8.47. The third-order valence-electron chi connectivity index (χ3n) is 16.2. The van der Waals surface area contributed by atoms with Gasteiger partial charge >= 0.3 is 11.9 Å². The molecule has 5 aliphatic rings. The number of fused-ring (bicyclic) bond motifs is 7. The zero-order valence-electron chi connectivity index (χ0n) is 37.0. The van der Waals surface area contributed by atoms with Crippen LogP contribution in [-0.2, 0) is 30.5 Å². The zero-order valence-corrected chi connectivity index (χ0v) is 37.0. The Morgan fingerprint density at radius 2 is 1.57 bits per heavy atom. The van der Waals surface area contributed by atoms with E-state index < -0.39 is 22.9 Å². The van der Waals surface area contributed by atoms with E-state index in [0.717, 1.165) is 56.1 Å². The fourth-order valence-electron chi connectivity index (χ4n) is 13.8. The average Bonchev–Trinajstić information content (AvgIpc) is 3.42. The maximum Gasteiger partial charge on any atom is 0.306 e. The Hall–Kier alpha value is -3.11. The van der Waals surface area contributed by atoms with Gasteiger partial charge in [0.25, 0.3) is 0 Å². The normalized spacial score (nSPS) is 33.6. The standard InChI is InChI=1S/C48H71FN2O7/c1-29(2)42-34(52)23-48(37(53)27-51(39(54)28-50(9)10)26-30-11-13-31(49)14-12-30)22-17-33-32(43(42)48)15-16-36-46(33,7)20-18-35-45(5,6)38(19-21-47(35,36)8)58-41(57)25-44(3,4)24-40(55)56/h11-14,29,32-33,35-38,53H,15-28H2,1-10H3,(H,55,56). The lowest BCUT2D eigenvalue weighted by Gasteiger charge is -2.69. The van der Waals surface area contributed by atoms with E-state index in [1.54, 1.807) is 30.9 Å². The van der Waals surface area contributed by atoms with Gasteiger partial charge in [0.05, 0.1) is 25.5 Å². The van der Waals surface area contributed by atoms with Crippen molar-refractivity contribution in [1.29, 1.82) is 0 Å². The number of hydrogen-bond donors (Lipinski definition) is 2. The van der Waals surface area contributed by atoms with Crippen LogP contribution in [0.25, 0.3) is 0 Å². The van der Waals surface area contributed by atoms with E-state index >= 15 is 0 Å². The van der Waals surface area contributed by atoms with Gasteiger partial charge in [0.15, 0.2) is 5.78 Å². The molecule has 0 bridgehead atoms.